The molecule has 4 rings (SSSR count). The van der Waals surface area contributed by atoms with Crippen LogP contribution in [0, 0.1) is 11.8 Å². The number of aromatic nitrogens is 1. The van der Waals surface area contributed by atoms with Crippen LogP contribution in [0.15, 0.2) is 58.0 Å². The Morgan fingerprint density at radius 1 is 1.12 bits per heavy atom. The number of carbonyl (C=O) groups is 1. The number of benzene rings is 2. The predicted octanol–water partition coefficient (Wildman–Crippen LogP) is 3.99. The minimum Gasteiger partial charge on any atom is -0.436 e. The second-order valence-corrected chi connectivity index (χ2v) is 6.34. The van der Waals surface area contributed by atoms with Crippen LogP contribution in [0.4, 0.5) is 0 Å². The van der Waals surface area contributed by atoms with E-state index < -0.39 is 0 Å². The van der Waals surface area contributed by atoms with Gasteiger partial charge in [0, 0.05) is 23.0 Å². The van der Waals surface area contributed by atoms with E-state index in [-0.39, 0.29) is 17.7 Å². The lowest BCUT2D eigenvalue weighted by Gasteiger charge is -2.27. The number of hydrogen-bond acceptors (Lipinski definition) is 4. The quantitative estimate of drug-likeness (QED) is 0.788. The Bertz CT molecular complexity index is 959. The normalized spacial score (nSPS) is 20.4. The van der Waals surface area contributed by atoms with Crippen LogP contribution in [0.1, 0.15) is 25.8 Å². The maximum atomic E-state index is 11.9. The Morgan fingerprint density at radius 2 is 1.92 bits per heavy atom. The van der Waals surface area contributed by atoms with Gasteiger partial charge in [0.1, 0.15) is 5.52 Å². The van der Waals surface area contributed by atoms with Crippen LogP contribution in [0.5, 0.6) is 0 Å². The molecule has 0 saturated heterocycles. The lowest BCUT2D eigenvalue weighted by Crippen LogP contribution is -2.40. The van der Waals surface area contributed by atoms with Crippen LogP contribution >= 0.6 is 0 Å². The van der Waals surface area contributed by atoms with E-state index in [2.05, 4.69) is 15.5 Å². The van der Waals surface area contributed by atoms with Crippen LogP contribution in [-0.4, -0.2) is 16.6 Å². The number of nitrogens with one attached hydrogen (secondary N) is 1. The Kier molecular flexibility index (Phi) is 3.84. The van der Waals surface area contributed by atoms with Gasteiger partial charge in [0.15, 0.2) is 5.58 Å². The molecule has 0 spiro atoms. The predicted molar refractivity (Wildman–Crippen MR) is 97.1 cm³/mol. The minimum absolute atomic E-state index is 0.00847. The lowest BCUT2D eigenvalue weighted by molar-refractivity contribution is -0.126. The van der Waals surface area contributed by atoms with E-state index in [1.165, 1.54) is 0 Å². The Hall–Kier alpha value is -2.95. The first-order valence-electron chi connectivity index (χ1n) is 8.51. The van der Waals surface area contributed by atoms with Crippen molar-refractivity contribution in [2.75, 3.05) is 0 Å². The first-order chi connectivity index (χ1) is 12.2. The summed E-state index contributed by atoms with van der Waals surface area (Å²) < 4.78 is 5.94. The number of nitrogens with zero attached hydrogens (tertiary/aromatic N) is 2. The van der Waals surface area contributed by atoms with Gasteiger partial charge in [-0.05, 0) is 30.7 Å². The van der Waals surface area contributed by atoms with E-state index in [1.54, 1.807) is 0 Å². The van der Waals surface area contributed by atoms with Gasteiger partial charge in [-0.25, -0.2) is 10.4 Å². The van der Waals surface area contributed by atoms with Crippen molar-refractivity contribution in [3.05, 3.63) is 54.1 Å². The zero-order valence-corrected chi connectivity index (χ0v) is 14.2. The number of hydrogen-bond donors (Lipinski definition) is 1. The van der Waals surface area contributed by atoms with Crippen molar-refractivity contribution >= 4 is 22.7 Å². The molecule has 2 atom stereocenters. The number of carbonyl (C=O) groups excluding carboxylic acids is 1. The second kappa shape index (κ2) is 6.16. The first kappa shape index (κ1) is 15.6. The molecule has 0 aliphatic carbocycles. The summed E-state index contributed by atoms with van der Waals surface area (Å²) in [6, 6.07) is 15.7. The van der Waals surface area contributed by atoms with E-state index >= 15 is 0 Å². The van der Waals surface area contributed by atoms with Gasteiger partial charge in [0.05, 0.1) is 5.71 Å². The zero-order valence-electron chi connectivity index (χ0n) is 14.2. The van der Waals surface area contributed by atoms with Gasteiger partial charge in [-0.1, -0.05) is 38.1 Å². The molecule has 2 heterocycles. The highest BCUT2D eigenvalue weighted by atomic mass is 16.3. The first-order valence-corrected chi connectivity index (χ1v) is 8.51. The van der Waals surface area contributed by atoms with Gasteiger partial charge >= 0.3 is 0 Å². The fourth-order valence-corrected chi connectivity index (χ4v) is 3.37. The maximum Gasteiger partial charge on any atom is 0.243 e. The summed E-state index contributed by atoms with van der Waals surface area (Å²) in [5.74, 6) is 0.600. The van der Waals surface area contributed by atoms with Crippen LogP contribution < -0.4 is 5.43 Å². The lowest BCUT2D eigenvalue weighted by atomic mass is 9.83. The third kappa shape index (κ3) is 2.71. The van der Waals surface area contributed by atoms with E-state index in [1.807, 2.05) is 62.4 Å². The molecule has 1 aliphatic rings. The number of rotatable bonds is 3. The zero-order chi connectivity index (χ0) is 17.4. The van der Waals surface area contributed by atoms with Crippen molar-refractivity contribution in [3.63, 3.8) is 0 Å². The molecule has 0 bridgehead atoms. The molecule has 1 N–H and O–H groups in total. The highest BCUT2D eigenvalue weighted by molar-refractivity contribution is 6.07. The van der Waals surface area contributed by atoms with E-state index in [0.717, 1.165) is 34.4 Å². The van der Waals surface area contributed by atoms with Crippen molar-refractivity contribution in [2.45, 2.75) is 20.3 Å². The molecule has 1 aromatic heterocycles. The summed E-state index contributed by atoms with van der Waals surface area (Å²) in [6.45, 7) is 4.07. The number of amides is 1. The smallest absolute Gasteiger partial charge is 0.243 e. The average Bonchev–Trinajstić information content (AvgIpc) is 3.06. The van der Waals surface area contributed by atoms with Gasteiger partial charge in [0.25, 0.3) is 0 Å². The minimum atomic E-state index is -0.0576. The van der Waals surface area contributed by atoms with Gasteiger partial charge in [-0.15, -0.1) is 0 Å². The molecule has 5 heteroatoms. The number of hydrazone groups is 1. The van der Waals surface area contributed by atoms with Gasteiger partial charge in [-0.2, -0.15) is 5.10 Å². The standard InChI is InChI=1S/C20H19N3O2/c1-3-15-12(2)18(22-23-19(15)24)14-9-10-16-17(11-14)25-20(21-16)13-7-5-4-6-8-13/h4-12,15H,3H2,1-2H3,(H,23,24)/t12-,15-/m1/s1. The van der Waals surface area contributed by atoms with Crippen molar-refractivity contribution in [1.29, 1.82) is 0 Å². The van der Waals surface area contributed by atoms with Gasteiger partial charge < -0.3 is 4.42 Å². The third-order valence-corrected chi connectivity index (χ3v) is 4.80. The molecule has 126 valence electrons. The van der Waals surface area contributed by atoms with Crippen LogP contribution in [0.3, 0.4) is 0 Å². The molecular weight excluding hydrogens is 314 g/mol. The summed E-state index contributed by atoms with van der Waals surface area (Å²) in [4.78, 5) is 16.5. The van der Waals surface area contributed by atoms with Crippen molar-refractivity contribution in [3.8, 4) is 11.5 Å². The van der Waals surface area contributed by atoms with E-state index in [4.69, 9.17) is 4.42 Å². The van der Waals surface area contributed by atoms with Crippen molar-refractivity contribution < 1.29 is 9.21 Å². The van der Waals surface area contributed by atoms with Gasteiger partial charge in [0.2, 0.25) is 11.8 Å². The Morgan fingerprint density at radius 3 is 2.68 bits per heavy atom. The van der Waals surface area contributed by atoms with Crippen molar-refractivity contribution in [2.24, 2.45) is 16.9 Å². The molecule has 0 unspecified atom stereocenters. The second-order valence-electron chi connectivity index (χ2n) is 6.34. The molecule has 25 heavy (non-hydrogen) atoms. The Balaban J connectivity index is 1.73. The Labute approximate surface area is 145 Å². The maximum absolute atomic E-state index is 11.9. The highest BCUT2D eigenvalue weighted by Crippen LogP contribution is 2.28. The molecule has 0 saturated carbocycles. The summed E-state index contributed by atoms with van der Waals surface area (Å²) in [7, 11) is 0. The fourth-order valence-electron chi connectivity index (χ4n) is 3.37. The SMILES string of the molecule is CC[C@H]1C(=O)NN=C(c2ccc3nc(-c4ccccc4)oc3c2)[C@@H]1C. The molecule has 1 amide bonds. The number of oxazole rings is 1. The molecule has 2 aromatic carbocycles. The molecule has 5 nitrogen and oxygen atoms in total. The molecule has 0 radical (unpaired) electrons. The topological polar surface area (TPSA) is 67.5 Å². The molecule has 0 fully saturated rings. The van der Waals surface area contributed by atoms with Crippen LogP contribution in [-0.2, 0) is 4.79 Å². The van der Waals surface area contributed by atoms with E-state index in [9.17, 15) is 4.79 Å². The third-order valence-electron chi connectivity index (χ3n) is 4.80. The fraction of sp³-hybridized carbons (Fsp3) is 0.250. The van der Waals surface area contributed by atoms with Gasteiger partial charge in [-0.3, -0.25) is 4.79 Å². The van der Waals surface area contributed by atoms with Crippen molar-refractivity contribution in [1.82, 2.24) is 10.4 Å². The monoisotopic (exact) mass is 333 g/mol. The number of fused-ring (bicyclic) bond motifs is 1. The summed E-state index contributed by atoms with van der Waals surface area (Å²) in [6.07, 6.45) is 0.786. The van der Waals surface area contributed by atoms with Crippen LogP contribution in [0.25, 0.3) is 22.6 Å². The molecular formula is C20H19N3O2. The van der Waals surface area contributed by atoms with E-state index in [0.29, 0.717) is 5.89 Å². The molecule has 3 aromatic rings. The van der Waals surface area contributed by atoms with Crippen LogP contribution in [0.2, 0.25) is 0 Å². The summed E-state index contributed by atoms with van der Waals surface area (Å²) in [5, 5.41) is 4.29. The summed E-state index contributed by atoms with van der Waals surface area (Å²) >= 11 is 0. The summed E-state index contributed by atoms with van der Waals surface area (Å²) in [5.41, 5.74) is 6.95. The molecule has 1 aliphatic heterocycles. The average molecular weight is 333 g/mol. The highest BCUT2D eigenvalue weighted by Gasteiger charge is 2.31. The largest absolute Gasteiger partial charge is 0.436 e.